The van der Waals surface area contributed by atoms with E-state index in [1.807, 2.05) is 32.9 Å². The number of ketones is 2. The molecule has 2 amide bonds. The number of hydrogen-bond acceptors (Lipinski definition) is 8. The summed E-state index contributed by atoms with van der Waals surface area (Å²) in [5.74, 6) is -3.61. The number of imide groups is 1. The number of esters is 1. The predicted molar refractivity (Wildman–Crippen MR) is 159 cm³/mol. The molecule has 0 saturated carbocycles. The highest BCUT2D eigenvalue weighted by Crippen LogP contribution is 2.26. The number of carbonyl (C=O) groups is 5. The lowest BCUT2D eigenvalue weighted by Crippen LogP contribution is -2.48. The molecule has 0 bridgehead atoms. The normalized spacial score (nSPS) is 16.7. The van der Waals surface area contributed by atoms with Crippen LogP contribution >= 0.6 is 0 Å². The van der Waals surface area contributed by atoms with Crippen LogP contribution in [-0.4, -0.2) is 64.9 Å². The first-order chi connectivity index (χ1) is 20.0. The highest BCUT2D eigenvalue weighted by Gasteiger charge is 2.44. The number of unbranched alkanes of at least 4 members (excludes halogenated alkanes) is 7. The molecule has 1 aromatic rings. The Kier molecular flexibility index (Phi) is 14.6. The van der Waals surface area contributed by atoms with Gasteiger partial charge in [0.25, 0.3) is 0 Å². The average Bonchev–Trinajstić information content (AvgIpc) is 3.34. The van der Waals surface area contributed by atoms with Crippen molar-refractivity contribution in [2.24, 2.45) is 11.8 Å². The van der Waals surface area contributed by atoms with E-state index < -0.39 is 41.8 Å². The number of carbonyl (C=O) groups excluding carboxylic acids is 5. The summed E-state index contributed by atoms with van der Waals surface area (Å²) >= 11 is 0. The number of aliphatic hydroxyl groups is 1. The molecule has 0 radical (unpaired) electrons. The van der Waals surface area contributed by atoms with Crippen molar-refractivity contribution in [2.75, 3.05) is 13.2 Å². The molecular formula is C33H47NO8. The van der Waals surface area contributed by atoms with E-state index in [2.05, 4.69) is 0 Å². The zero-order chi connectivity index (χ0) is 31.2. The van der Waals surface area contributed by atoms with Gasteiger partial charge >= 0.3 is 12.1 Å². The van der Waals surface area contributed by atoms with Crippen molar-refractivity contribution >= 4 is 35.1 Å². The fourth-order valence-electron chi connectivity index (χ4n) is 5.07. The van der Waals surface area contributed by atoms with Crippen molar-refractivity contribution in [1.82, 2.24) is 4.90 Å². The SMILES string of the molecule is CC(=O)O[C@@H](C(=O)C=C(C(=O)CCCCCCCCCCO)c1cccc(C)c1)[C@@H](C)C(=O)N1C(=O)OC[C@H]1C(C)C. The molecule has 42 heavy (non-hydrogen) atoms. The second kappa shape index (κ2) is 17.6. The number of hydrogen-bond donors (Lipinski definition) is 1. The molecule has 1 aromatic carbocycles. The molecule has 1 heterocycles. The van der Waals surface area contributed by atoms with Gasteiger partial charge in [-0.3, -0.25) is 19.2 Å². The fourth-order valence-corrected chi connectivity index (χ4v) is 5.07. The molecule has 1 aliphatic heterocycles. The minimum Gasteiger partial charge on any atom is -0.453 e. The third kappa shape index (κ3) is 10.5. The maximum absolute atomic E-state index is 13.6. The smallest absolute Gasteiger partial charge is 0.416 e. The second-order valence-electron chi connectivity index (χ2n) is 11.5. The van der Waals surface area contributed by atoms with E-state index in [0.29, 0.717) is 12.0 Å². The van der Waals surface area contributed by atoms with Gasteiger partial charge < -0.3 is 14.6 Å². The van der Waals surface area contributed by atoms with Gasteiger partial charge in [-0.15, -0.1) is 0 Å². The summed E-state index contributed by atoms with van der Waals surface area (Å²) in [6.07, 6.45) is 6.76. The summed E-state index contributed by atoms with van der Waals surface area (Å²) in [5.41, 5.74) is 1.68. The van der Waals surface area contributed by atoms with E-state index in [9.17, 15) is 24.0 Å². The molecule has 9 nitrogen and oxygen atoms in total. The highest BCUT2D eigenvalue weighted by molar-refractivity contribution is 6.25. The Morgan fingerprint density at radius 3 is 2.21 bits per heavy atom. The summed E-state index contributed by atoms with van der Waals surface area (Å²) < 4.78 is 10.4. The number of cyclic esters (lactones) is 1. The Bertz CT molecular complexity index is 1120. The largest absolute Gasteiger partial charge is 0.453 e. The van der Waals surface area contributed by atoms with Gasteiger partial charge in [0, 0.05) is 25.5 Å². The maximum Gasteiger partial charge on any atom is 0.416 e. The first-order valence-electron chi connectivity index (χ1n) is 15.1. The number of aryl methyl sites for hydroxylation is 1. The molecule has 1 aliphatic rings. The molecule has 0 spiro atoms. The van der Waals surface area contributed by atoms with Crippen molar-refractivity contribution in [3.8, 4) is 0 Å². The zero-order valence-electron chi connectivity index (χ0n) is 25.7. The van der Waals surface area contributed by atoms with Crippen LogP contribution in [0.1, 0.15) is 96.6 Å². The first kappa shape index (κ1) is 34.9. The topological polar surface area (TPSA) is 127 Å². The van der Waals surface area contributed by atoms with Gasteiger partial charge in [-0.2, -0.15) is 0 Å². The lowest BCUT2D eigenvalue weighted by Gasteiger charge is -2.28. The minimum absolute atomic E-state index is 0.0523. The lowest BCUT2D eigenvalue weighted by molar-refractivity contribution is -0.158. The van der Waals surface area contributed by atoms with Crippen LogP contribution in [-0.2, 0) is 28.7 Å². The molecule has 1 N–H and O–H groups in total. The van der Waals surface area contributed by atoms with Crippen molar-refractivity contribution < 1.29 is 38.6 Å². The van der Waals surface area contributed by atoms with Crippen LogP contribution in [0.4, 0.5) is 4.79 Å². The number of allylic oxidation sites excluding steroid dienone is 1. The number of nitrogens with zero attached hydrogens (tertiary/aromatic N) is 1. The van der Waals surface area contributed by atoms with Crippen LogP contribution in [0.25, 0.3) is 5.57 Å². The van der Waals surface area contributed by atoms with Crippen molar-refractivity contribution in [1.29, 1.82) is 0 Å². The molecule has 0 aromatic heterocycles. The third-order valence-electron chi connectivity index (χ3n) is 7.56. The van der Waals surface area contributed by atoms with Crippen LogP contribution < -0.4 is 0 Å². The molecule has 1 fully saturated rings. The Labute approximate surface area is 249 Å². The molecule has 232 valence electrons. The zero-order valence-corrected chi connectivity index (χ0v) is 25.7. The summed E-state index contributed by atoms with van der Waals surface area (Å²) in [4.78, 5) is 65.8. The standard InChI is InChI=1S/C33H47NO8/c1-22(2)28-21-41-33(40)34(28)32(39)24(4)31(42-25(5)36)30(38)20-27(26-16-14-15-23(3)19-26)29(37)17-12-10-8-6-7-9-11-13-18-35/h14-16,19-20,22,24,28,31,35H,6-13,17-18,21H2,1-5H3/t24-,28+,31-/m1/s1. The van der Waals surface area contributed by atoms with Gasteiger partial charge in [0.2, 0.25) is 5.91 Å². The fraction of sp³-hybridized carbons (Fsp3) is 0.606. The van der Waals surface area contributed by atoms with Gasteiger partial charge in [0.05, 0.1) is 12.0 Å². The molecular weight excluding hydrogens is 538 g/mol. The monoisotopic (exact) mass is 585 g/mol. The van der Waals surface area contributed by atoms with Crippen molar-refractivity contribution in [3.63, 3.8) is 0 Å². The minimum atomic E-state index is -1.52. The quantitative estimate of drug-likeness (QED) is 0.134. The van der Waals surface area contributed by atoms with Crippen LogP contribution in [0.3, 0.4) is 0 Å². The van der Waals surface area contributed by atoms with Crippen LogP contribution in [0.2, 0.25) is 0 Å². The highest BCUT2D eigenvalue weighted by atomic mass is 16.6. The summed E-state index contributed by atoms with van der Waals surface area (Å²) in [5, 5.41) is 8.88. The van der Waals surface area contributed by atoms with E-state index >= 15 is 0 Å². The summed E-state index contributed by atoms with van der Waals surface area (Å²) in [6, 6.07) is 6.75. The summed E-state index contributed by atoms with van der Waals surface area (Å²) in [6.45, 7) is 8.45. The van der Waals surface area contributed by atoms with E-state index in [1.165, 1.54) is 13.0 Å². The van der Waals surface area contributed by atoms with Gasteiger partial charge in [-0.1, -0.05) is 82.2 Å². The number of rotatable bonds is 18. The number of amides is 2. The predicted octanol–water partition coefficient (Wildman–Crippen LogP) is 5.59. The Balaban J connectivity index is 2.23. The molecule has 9 heteroatoms. The van der Waals surface area contributed by atoms with Gasteiger partial charge in [-0.05, 0) is 44.2 Å². The average molecular weight is 586 g/mol. The van der Waals surface area contributed by atoms with E-state index in [4.69, 9.17) is 14.6 Å². The van der Waals surface area contributed by atoms with E-state index in [1.54, 1.807) is 12.1 Å². The van der Waals surface area contributed by atoms with Crippen LogP contribution in [0.15, 0.2) is 30.3 Å². The number of Topliss-reactive ketones (excluding diaryl/α,β-unsaturated/α-hetero) is 1. The maximum atomic E-state index is 13.6. The summed E-state index contributed by atoms with van der Waals surface area (Å²) in [7, 11) is 0. The van der Waals surface area contributed by atoms with Crippen LogP contribution in [0, 0.1) is 18.8 Å². The third-order valence-corrected chi connectivity index (χ3v) is 7.56. The van der Waals surface area contributed by atoms with Gasteiger partial charge in [0.15, 0.2) is 17.7 Å². The molecule has 0 aliphatic carbocycles. The number of ether oxygens (including phenoxy) is 2. The van der Waals surface area contributed by atoms with E-state index in [-0.39, 0.29) is 36.9 Å². The number of benzene rings is 1. The lowest BCUT2D eigenvalue weighted by atomic mass is 9.91. The molecule has 0 unspecified atom stereocenters. The van der Waals surface area contributed by atoms with E-state index in [0.717, 1.165) is 62.3 Å². The Morgan fingerprint density at radius 1 is 1.02 bits per heavy atom. The van der Waals surface area contributed by atoms with Gasteiger partial charge in [0.1, 0.15) is 6.61 Å². The van der Waals surface area contributed by atoms with Gasteiger partial charge in [-0.25, -0.2) is 9.69 Å². The Morgan fingerprint density at radius 2 is 1.64 bits per heavy atom. The molecule has 2 rings (SSSR count). The van der Waals surface area contributed by atoms with Crippen molar-refractivity contribution in [3.05, 3.63) is 41.5 Å². The second-order valence-corrected chi connectivity index (χ2v) is 11.5. The number of aliphatic hydroxyl groups excluding tert-OH is 1. The van der Waals surface area contributed by atoms with Crippen LogP contribution in [0.5, 0.6) is 0 Å². The molecule has 1 saturated heterocycles. The Hall–Kier alpha value is -3.33. The first-order valence-corrected chi connectivity index (χ1v) is 15.1. The molecule has 3 atom stereocenters. The van der Waals surface area contributed by atoms with Crippen molar-refractivity contribution in [2.45, 2.75) is 105 Å².